The minimum Gasteiger partial charge on any atom is -0.337 e. The van der Waals surface area contributed by atoms with Crippen LogP contribution in [0.4, 0.5) is 0 Å². The molecule has 0 spiro atoms. The summed E-state index contributed by atoms with van der Waals surface area (Å²) in [5, 5.41) is 7.23. The van der Waals surface area contributed by atoms with Crippen LogP contribution in [0.2, 0.25) is 0 Å². The molecule has 0 aliphatic rings. The molecule has 1 atom stereocenters. The van der Waals surface area contributed by atoms with Gasteiger partial charge in [0.15, 0.2) is 0 Å². The van der Waals surface area contributed by atoms with Gasteiger partial charge in [-0.3, -0.25) is 4.98 Å². The van der Waals surface area contributed by atoms with Gasteiger partial charge in [-0.2, -0.15) is 4.98 Å². The first kappa shape index (κ1) is 11.2. The maximum absolute atomic E-state index is 5.20. The van der Waals surface area contributed by atoms with Gasteiger partial charge in [-0.1, -0.05) is 12.1 Å². The molecule has 0 aromatic carbocycles. The Labute approximate surface area is 97.9 Å². The van der Waals surface area contributed by atoms with Crippen LogP contribution in [0.25, 0.3) is 10.7 Å². The number of aromatic nitrogens is 3. The third-order valence-electron chi connectivity index (χ3n) is 2.17. The summed E-state index contributed by atoms with van der Waals surface area (Å²) < 4.78 is 5.20. The predicted molar refractivity (Wildman–Crippen MR) is 62.1 cm³/mol. The van der Waals surface area contributed by atoms with Gasteiger partial charge in [0.2, 0.25) is 11.7 Å². The first-order valence-corrected chi connectivity index (χ1v) is 6.15. The van der Waals surface area contributed by atoms with Crippen molar-refractivity contribution in [2.24, 2.45) is 0 Å². The highest BCUT2D eigenvalue weighted by atomic mass is 32.1. The summed E-state index contributed by atoms with van der Waals surface area (Å²) in [6, 6.07) is 0.0918. The standard InChI is InChI=1S/C10H14N4OS/c1-3-4-12-7(2)10-13-9(14-15-10)8-5-11-6-16-8/h5-7,12H,3-4H2,1-2H3. The van der Waals surface area contributed by atoms with E-state index in [2.05, 4.69) is 27.4 Å². The van der Waals surface area contributed by atoms with Crippen molar-refractivity contribution in [1.29, 1.82) is 0 Å². The Hall–Kier alpha value is -1.27. The van der Waals surface area contributed by atoms with E-state index >= 15 is 0 Å². The molecule has 0 fully saturated rings. The van der Waals surface area contributed by atoms with E-state index in [9.17, 15) is 0 Å². The van der Waals surface area contributed by atoms with Crippen LogP contribution in [0.1, 0.15) is 32.2 Å². The maximum Gasteiger partial charge on any atom is 0.243 e. The van der Waals surface area contributed by atoms with Crippen molar-refractivity contribution < 1.29 is 4.52 Å². The first-order chi connectivity index (χ1) is 7.81. The average Bonchev–Trinajstić information content (AvgIpc) is 2.94. The van der Waals surface area contributed by atoms with Crippen LogP contribution in [0.3, 0.4) is 0 Å². The fourth-order valence-electron chi connectivity index (χ4n) is 1.29. The van der Waals surface area contributed by atoms with Gasteiger partial charge < -0.3 is 9.84 Å². The molecular formula is C10H14N4OS. The normalized spacial score (nSPS) is 12.9. The van der Waals surface area contributed by atoms with Crippen molar-refractivity contribution in [3.05, 3.63) is 17.6 Å². The summed E-state index contributed by atoms with van der Waals surface area (Å²) >= 11 is 1.50. The van der Waals surface area contributed by atoms with Crippen molar-refractivity contribution in [2.75, 3.05) is 6.54 Å². The second kappa shape index (κ2) is 5.18. The largest absolute Gasteiger partial charge is 0.337 e. The molecular weight excluding hydrogens is 224 g/mol. The van der Waals surface area contributed by atoms with Gasteiger partial charge in [0.1, 0.15) is 0 Å². The Balaban J connectivity index is 2.07. The minimum absolute atomic E-state index is 0.0918. The predicted octanol–water partition coefficient (Wildman–Crippen LogP) is 2.25. The van der Waals surface area contributed by atoms with E-state index < -0.39 is 0 Å². The summed E-state index contributed by atoms with van der Waals surface area (Å²) in [7, 11) is 0. The minimum atomic E-state index is 0.0918. The summed E-state index contributed by atoms with van der Waals surface area (Å²) in [5.74, 6) is 1.24. The maximum atomic E-state index is 5.20. The lowest BCUT2D eigenvalue weighted by molar-refractivity contribution is 0.340. The Morgan fingerprint density at radius 2 is 2.44 bits per heavy atom. The van der Waals surface area contributed by atoms with Gasteiger partial charge in [0, 0.05) is 6.20 Å². The second-order valence-electron chi connectivity index (χ2n) is 3.50. The van der Waals surface area contributed by atoms with Gasteiger partial charge in [-0.25, -0.2) is 0 Å². The highest BCUT2D eigenvalue weighted by Crippen LogP contribution is 2.21. The van der Waals surface area contributed by atoms with E-state index in [1.165, 1.54) is 11.3 Å². The lowest BCUT2D eigenvalue weighted by Crippen LogP contribution is -2.19. The number of nitrogens with zero attached hydrogens (tertiary/aromatic N) is 3. The van der Waals surface area contributed by atoms with Gasteiger partial charge in [0.05, 0.1) is 16.4 Å². The third-order valence-corrected chi connectivity index (χ3v) is 2.93. The molecule has 2 aromatic rings. The third kappa shape index (κ3) is 2.45. The van der Waals surface area contributed by atoms with Crippen LogP contribution >= 0.6 is 11.3 Å². The summed E-state index contributed by atoms with van der Waals surface area (Å²) in [5.41, 5.74) is 1.75. The molecule has 2 heterocycles. The molecule has 1 unspecified atom stereocenters. The van der Waals surface area contributed by atoms with Crippen molar-refractivity contribution in [1.82, 2.24) is 20.4 Å². The zero-order chi connectivity index (χ0) is 11.4. The van der Waals surface area contributed by atoms with Crippen LogP contribution in [0.5, 0.6) is 0 Å². The molecule has 2 aromatic heterocycles. The van der Waals surface area contributed by atoms with Crippen molar-refractivity contribution >= 4 is 11.3 Å². The average molecular weight is 238 g/mol. The van der Waals surface area contributed by atoms with Crippen molar-refractivity contribution in [3.8, 4) is 10.7 Å². The smallest absolute Gasteiger partial charge is 0.243 e. The molecule has 6 heteroatoms. The van der Waals surface area contributed by atoms with E-state index in [4.69, 9.17) is 4.52 Å². The molecule has 0 saturated carbocycles. The molecule has 16 heavy (non-hydrogen) atoms. The topological polar surface area (TPSA) is 63.8 Å². The summed E-state index contributed by atoms with van der Waals surface area (Å²) in [6.45, 7) is 5.08. The van der Waals surface area contributed by atoms with E-state index in [0.717, 1.165) is 17.8 Å². The van der Waals surface area contributed by atoms with E-state index in [1.807, 2.05) is 6.92 Å². The summed E-state index contributed by atoms with van der Waals surface area (Å²) in [4.78, 5) is 9.25. The van der Waals surface area contributed by atoms with Crippen molar-refractivity contribution in [3.63, 3.8) is 0 Å². The second-order valence-corrected chi connectivity index (χ2v) is 4.38. The van der Waals surface area contributed by atoms with Crippen LogP contribution in [0, 0.1) is 0 Å². The highest BCUT2D eigenvalue weighted by Gasteiger charge is 2.14. The monoisotopic (exact) mass is 238 g/mol. The van der Waals surface area contributed by atoms with E-state index in [0.29, 0.717) is 11.7 Å². The SMILES string of the molecule is CCCNC(C)c1nc(-c2cncs2)no1. The van der Waals surface area contributed by atoms with Gasteiger partial charge in [0.25, 0.3) is 0 Å². The number of rotatable bonds is 5. The fourth-order valence-corrected chi connectivity index (χ4v) is 1.83. The van der Waals surface area contributed by atoms with Gasteiger partial charge in [-0.15, -0.1) is 11.3 Å². The number of hydrogen-bond donors (Lipinski definition) is 1. The van der Waals surface area contributed by atoms with E-state index in [1.54, 1.807) is 11.7 Å². The first-order valence-electron chi connectivity index (χ1n) is 5.27. The molecule has 86 valence electrons. The molecule has 5 nitrogen and oxygen atoms in total. The molecule has 0 aliphatic heterocycles. The van der Waals surface area contributed by atoms with Gasteiger partial charge in [-0.05, 0) is 19.9 Å². The lowest BCUT2D eigenvalue weighted by atomic mass is 10.3. The van der Waals surface area contributed by atoms with Crippen LogP contribution in [-0.4, -0.2) is 21.7 Å². The van der Waals surface area contributed by atoms with Gasteiger partial charge >= 0.3 is 0 Å². The quantitative estimate of drug-likeness (QED) is 0.865. The Kier molecular flexibility index (Phi) is 3.63. The zero-order valence-corrected chi connectivity index (χ0v) is 10.1. The Morgan fingerprint density at radius 1 is 1.56 bits per heavy atom. The van der Waals surface area contributed by atoms with Crippen LogP contribution < -0.4 is 5.32 Å². The highest BCUT2D eigenvalue weighted by molar-refractivity contribution is 7.13. The lowest BCUT2D eigenvalue weighted by Gasteiger charge is -2.06. The molecule has 1 N–H and O–H groups in total. The molecule has 0 saturated heterocycles. The van der Waals surface area contributed by atoms with Crippen LogP contribution in [0.15, 0.2) is 16.2 Å². The number of hydrogen-bond acceptors (Lipinski definition) is 6. The van der Waals surface area contributed by atoms with Crippen molar-refractivity contribution in [2.45, 2.75) is 26.3 Å². The number of nitrogens with one attached hydrogen (secondary N) is 1. The Bertz CT molecular complexity index is 426. The molecule has 0 aliphatic carbocycles. The van der Waals surface area contributed by atoms with Crippen LogP contribution in [-0.2, 0) is 0 Å². The fraction of sp³-hybridized carbons (Fsp3) is 0.500. The Morgan fingerprint density at radius 3 is 3.12 bits per heavy atom. The molecule has 2 rings (SSSR count). The zero-order valence-electron chi connectivity index (χ0n) is 9.30. The van der Waals surface area contributed by atoms with E-state index in [-0.39, 0.29) is 6.04 Å². The molecule has 0 bridgehead atoms. The molecule has 0 radical (unpaired) electrons. The molecule has 0 amide bonds. The number of thiazole rings is 1. The summed E-state index contributed by atoms with van der Waals surface area (Å²) in [6.07, 6.45) is 2.82.